The molecule has 0 unspecified atom stereocenters. The van der Waals surface area contributed by atoms with Crippen molar-refractivity contribution in [3.63, 3.8) is 0 Å². The molecule has 8 rings (SSSR count). The summed E-state index contributed by atoms with van der Waals surface area (Å²) >= 11 is 0. The van der Waals surface area contributed by atoms with Crippen LogP contribution in [0.5, 0.6) is 0 Å². The largest absolute Gasteiger partial charge is 0.269 e. The monoisotopic (exact) mass is 804 g/mol. The van der Waals surface area contributed by atoms with Crippen LogP contribution in [0.25, 0.3) is 58.7 Å². The molecule has 0 aromatic heterocycles. The fourth-order valence-electron chi connectivity index (χ4n) is 7.27. The van der Waals surface area contributed by atoms with Gasteiger partial charge in [0.1, 0.15) is 0 Å². The van der Waals surface area contributed by atoms with Gasteiger partial charge in [0.25, 0.3) is 11.4 Å². The molecule has 62 heavy (non-hydrogen) atoms. The predicted molar refractivity (Wildman–Crippen MR) is 256 cm³/mol. The van der Waals surface area contributed by atoms with Crippen molar-refractivity contribution in [2.24, 2.45) is 0 Å². The zero-order valence-electron chi connectivity index (χ0n) is 33.6. The Balaban J connectivity index is 0.987. The number of non-ortho nitro benzene ring substituents is 2. The summed E-state index contributed by atoms with van der Waals surface area (Å²) in [7, 11) is 0. The molecule has 0 saturated heterocycles. The van der Waals surface area contributed by atoms with Gasteiger partial charge >= 0.3 is 0 Å². The lowest BCUT2D eigenvalue weighted by Crippen LogP contribution is -1.92. The zero-order chi connectivity index (χ0) is 42.7. The van der Waals surface area contributed by atoms with Crippen LogP contribution in [-0.4, -0.2) is 9.85 Å². The second-order valence-electron chi connectivity index (χ2n) is 14.6. The first-order chi connectivity index (χ1) is 30.4. The van der Waals surface area contributed by atoms with E-state index in [1.54, 1.807) is 48.5 Å². The average Bonchev–Trinajstić information content (AvgIpc) is 3.32. The summed E-state index contributed by atoms with van der Waals surface area (Å²) in [6.07, 6.45) is 12.7. The second kappa shape index (κ2) is 19.1. The molecule has 0 aliphatic rings. The molecule has 0 heterocycles. The van der Waals surface area contributed by atoms with Crippen LogP contribution >= 0.6 is 0 Å². The minimum atomic E-state index is -0.379. The summed E-state index contributed by atoms with van der Waals surface area (Å²) in [4.78, 5) is 21.9. The Kier molecular flexibility index (Phi) is 12.4. The highest BCUT2D eigenvalue weighted by atomic mass is 16.6. The van der Waals surface area contributed by atoms with E-state index >= 15 is 0 Å². The lowest BCUT2D eigenvalue weighted by molar-refractivity contribution is -0.385. The minimum Gasteiger partial charge on any atom is -0.258 e. The maximum atomic E-state index is 11.3. The number of hydrogen-bond acceptors (Lipinski definition) is 4. The first-order valence-electron chi connectivity index (χ1n) is 20.2. The van der Waals surface area contributed by atoms with Gasteiger partial charge in [-0.2, -0.15) is 0 Å². The Hall–Kier alpha value is -8.48. The third-order valence-corrected chi connectivity index (χ3v) is 10.6. The molecule has 0 aliphatic heterocycles. The maximum Gasteiger partial charge on any atom is 0.269 e. The highest BCUT2D eigenvalue weighted by Gasteiger charge is 2.12. The topological polar surface area (TPSA) is 86.3 Å². The normalized spacial score (nSPS) is 11.9. The molecule has 0 bridgehead atoms. The molecule has 8 aromatic carbocycles. The van der Waals surface area contributed by atoms with Gasteiger partial charge in [0.15, 0.2) is 0 Å². The van der Waals surface area contributed by atoms with Crippen molar-refractivity contribution >= 4 is 59.0 Å². The zero-order valence-corrected chi connectivity index (χ0v) is 33.6. The van der Waals surface area contributed by atoms with E-state index in [-0.39, 0.29) is 21.2 Å². The van der Waals surface area contributed by atoms with Gasteiger partial charge in [0.05, 0.1) is 9.85 Å². The molecule has 6 heteroatoms. The van der Waals surface area contributed by atoms with Gasteiger partial charge in [-0.1, -0.05) is 182 Å². The molecule has 0 saturated carbocycles. The van der Waals surface area contributed by atoms with E-state index in [1.165, 1.54) is 0 Å². The van der Waals surface area contributed by atoms with Crippen LogP contribution in [-0.2, 0) is 0 Å². The van der Waals surface area contributed by atoms with Gasteiger partial charge in [-0.3, -0.25) is 20.2 Å². The van der Waals surface area contributed by atoms with Crippen molar-refractivity contribution in [1.82, 2.24) is 0 Å². The van der Waals surface area contributed by atoms with Gasteiger partial charge in [-0.15, -0.1) is 0 Å². The standard InChI is InChI=1S/C56H40N2O4/c59-57(60)53-35-31-49(32-36-53)55(47-13-3-1-4-14-47)39-51-17-9-7-11-43(51)25-19-41-21-27-45(28-22-41)46-29-23-42(24-30-46)20-26-44-12-8-10-18-52(44)40-56(48-15-5-2-6-16-48)50-33-37-54(38-34-50)58(61)62/h1-40H. The van der Waals surface area contributed by atoms with Crippen molar-refractivity contribution in [2.45, 2.75) is 0 Å². The molecular formula is C56H40N2O4. The Labute approximate surface area is 360 Å². The molecule has 0 spiro atoms. The van der Waals surface area contributed by atoms with Crippen LogP contribution < -0.4 is 0 Å². The second-order valence-corrected chi connectivity index (χ2v) is 14.6. The van der Waals surface area contributed by atoms with Crippen LogP contribution in [0, 0.1) is 20.2 Å². The van der Waals surface area contributed by atoms with E-state index in [2.05, 4.69) is 109 Å². The van der Waals surface area contributed by atoms with Crippen molar-refractivity contribution in [2.75, 3.05) is 0 Å². The summed E-state index contributed by atoms with van der Waals surface area (Å²) in [5.41, 5.74) is 14.5. The fourth-order valence-corrected chi connectivity index (χ4v) is 7.27. The van der Waals surface area contributed by atoms with Crippen LogP contribution in [0.15, 0.2) is 206 Å². The average molecular weight is 805 g/mol. The van der Waals surface area contributed by atoms with Gasteiger partial charge in [0.2, 0.25) is 0 Å². The van der Waals surface area contributed by atoms with Gasteiger partial charge < -0.3 is 0 Å². The van der Waals surface area contributed by atoms with Crippen molar-refractivity contribution in [3.05, 3.63) is 282 Å². The molecular weight excluding hydrogens is 765 g/mol. The lowest BCUT2D eigenvalue weighted by atomic mass is 9.94. The highest BCUT2D eigenvalue weighted by Crippen LogP contribution is 2.31. The summed E-state index contributed by atoms with van der Waals surface area (Å²) in [6, 6.07) is 66.9. The molecule has 0 amide bonds. The van der Waals surface area contributed by atoms with Crippen LogP contribution in [0.4, 0.5) is 11.4 Å². The molecule has 0 N–H and O–H groups in total. The molecule has 8 aromatic rings. The maximum absolute atomic E-state index is 11.3. The number of nitro benzene ring substituents is 2. The summed E-state index contributed by atoms with van der Waals surface area (Å²) < 4.78 is 0. The van der Waals surface area contributed by atoms with E-state index < -0.39 is 0 Å². The Bertz CT molecular complexity index is 2740. The van der Waals surface area contributed by atoms with E-state index in [9.17, 15) is 20.2 Å². The first kappa shape index (κ1) is 40.3. The van der Waals surface area contributed by atoms with Gasteiger partial charge in [-0.25, -0.2) is 0 Å². The molecule has 0 atom stereocenters. The smallest absolute Gasteiger partial charge is 0.258 e. The minimum absolute atomic E-state index is 0.0609. The Morgan fingerprint density at radius 3 is 0.968 bits per heavy atom. The van der Waals surface area contributed by atoms with Gasteiger partial charge in [0, 0.05) is 24.3 Å². The molecule has 6 nitrogen and oxygen atoms in total. The summed E-state index contributed by atoms with van der Waals surface area (Å²) in [5, 5.41) is 22.6. The quantitative estimate of drug-likeness (QED) is 0.0660. The fraction of sp³-hybridized carbons (Fsp3) is 0. The van der Waals surface area contributed by atoms with E-state index in [1.807, 2.05) is 84.9 Å². The molecule has 0 fully saturated rings. The summed E-state index contributed by atoms with van der Waals surface area (Å²) in [5.74, 6) is 0. The number of nitro groups is 2. The molecule has 0 radical (unpaired) electrons. The summed E-state index contributed by atoms with van der Waals surface area (Å²) in [6.45, 7) is 0. The number of nitrogens with zero attached hydrogens (tertiary/aromatic N) is 2. The van der Waals surface area contributed by atoms with Crippen molar-refractivity contribution < 1.29 is 9.85 Å². The number of benzene rings is 8. The van der Waals surface area contributed by atoms with Crippen LogP contribution in [0.3, 0.4) is 0 Å². The highest BCUT2D eigenvalue weighted by molar-refractivity contribution is 5.95. The van der Waals surface area contributed by atoms with Gasteiger partial charge in [-0.05, 0) is 114 Å². The predicted octanol–water partition coefficient (Wildman–Crippen LogP) is 14.7. The van der Waals surface area contributed by atoms with Crippen molar-refractivity contribution in [3.8, 4) is 11.1 Å². The first-order valence-corrected chi connectivity index (χ1v) is 20.2. The molecule has 298 valence electrons. The Morgan fingerprint density at radius 1 is 0.323 bits per heavy atom. The van der Waals surface area contributed by atoms with Crippen LogP contribution in [0.1, 0.15) is 55.6 Å². The van der Waals surface area contributed by atoms with E-state index in [4.69, 9.17) is 0 Å². The number of rotatable bonds is 13. The SMILES string of the molecule is O=[N+]([O-])c1ccc(C(=Cc2ccccc2C=Cc2ccc(-c3ccc(C=Cc4ccccc4C=C(c4ccccc4)c4ccc([N+](=O)[O-])cc4)cc3)cc2)c2ccccc2)cc1. The number of hydrogen-bond donors (Lipinski definition) is 0. The lowest BCUT2D eigenvalue weighted by Gasteiger charge is -2.10. The third kappa shape index (κ3) is 9.85. The third-order valence-electron chi connectivity index (χ3n) is 10.6. The molecule has 0 aliphatic carbocycles. The van der Waals surface area contributed by atoms with Crippen molar-refractivity contribution in [1.29, 1.82) is 0 Å². The van der Waals surface area contributed by atoms with E-state index in [0.29, 0.717) is 0 Å². The van der Waals surface area contributed by atoms with Crippen LogP contribution in [0.2, 0.25) is 0 Å². The Morgan fingerprint density at radius 2 is 0.629 bits per heavy atom. The van der Waals surface area contributed by atoms with E-state index in [0.717, 1.165) is 77.9 Å².